The predicted octanol–water partition coefficient (Wildman–Crippen LogP) is 6.18. The Morgan fingerprint density at radius 3 is 2.14 bits per heavy atom. The minimum absolute atomic E-state index is 0.951. The Hall–Kier alpha value is -2.54. The summed E-state index contributed by atoms with van der Waals surface area (Å²) in [5, 5.41) is 2.36. The Bertz CT molecular complexity index is 982. The van der Waals surface area contributed by atoms with Gasteiger partial charge in [0, 0.05) is 10.8 Å². The number of aryl methyl sites for hydroxylation is 3. The third-order valence-electron chi connectivity index (χ3n) is 4.34. The van der Waals surface area contributed by atoms with Crippen LogP contribution in [0.2, 0.25) is 0 Å². The molecule has 0 bridgehead atoms. The van der Waals surface area contributed by atoms with Gasteiger partial charge in [0.25, 0.3) is 0 Å². The number of para-hydroxylation sites is 1. The van der Waals surface area contributed by atoms with E-state index in [9.17, 15) is 0 Å². The van der Waals surface area contributed by atoms with E-state index < -0.39 is 0 Å². The van der Waals surface area contributed by atoms with E-state index in [1.54, 1.807) is 0 Å². The fourth-order valence-electron chi connectivity index (χ4n) is 3.52. The summed E-state index contributed by atoms with van der Waals surface area (Å²) in [6, 6.07) is 19.2. The zero-order chi connectivity index (χ0) is 15.3. The standard InChI is InChI=1S/C21H18O/c1-13-10-14(2)21(15(3)11-13)16-8-9-18-17-6-4-5-7-19(17)22-20(18)12-16/h4-12H,1-3H3. The van der Waals surface area contributed by atoms with Gasteiger partial charge in [-0.2, -0.15) is 0 Å². The third kappa shape index (κ3) is 1.93. The molecule has 0 saturated heterocycles. The van der Waals surface area contributed by atoms with Crippen LogP contribution in [0.3, 0.4) is 0 Å². The summed E-state index contributed by atoms with van der Waals surface area (Å²) in [5.41, 5.74) is 8.38. The highest BCUT2D eigenvalue weighted by Crippen LogP contribution is 2.34. The lowest BCUT2D eigenvalue weighted by Gasteiger charge is -2.11. The van der Waals surface area contributed by atoms with E-state index in [1.165, 1.54) is 38.6 Å². The summed E-state index contributed by atoms with van der Waals surface area (Å²) >= 11 is 0. The summed E-state index contributed by atoms with van der Waals surface area (Å²) < 4.78 is 6.02. The van der Waals surface area contributed by atoms with Gasteiger partial charge in [0.15, 0.2) is 0 Å². The van der Waals surface area contributed by atoms with Gasteiger partial charge >= 0.3 is 0 Å². The van der Waals surface area contributed by atoms with Crippen molar-refractivity contribution in [2.24, 2.45) is 0 Å². The molecule has 0 amide bonds. The molecular formula is C21H18O. The average molecular weight is 286 g/mol. The summed E-state index contributed by atoms with van der Waals surface area (Å²) in [7, 11) is 0. The van der Waals surface area contributed by atoms with Crippen LogP contribution in [0.5, 0.6) is 0 Å². The molecule has 0 N–H and O–H groups in total. The Labute approximate surface area is 130 Å². The quantitative estimate of drug-likeness (QED) is 0.407. The number of furan rings is 1. The molecule has 3 aromatic carbocycles. The van der Waals surface area contributed by atoms with Crippen molar-refractivity contribution in [3.8, 4) is 11.1 Å². The zero-order valence-corrected chi connectivity index (χ0v) is 13.1. The van der Waals surface area contributed by atoms with Crippen LogP contribution in [0.15, 0.2) is 59.0 Å². The number of rotatable bonds is 1. The van der Waals surface area contributed by atoms with Crippen LogP contribution >= 0.6 is 0 Å². The monoisotopic (exact) mass is 286 g/mol. The summed E-state index contributed by atoms with van der Waals surface area (Å²) in [4.78, 5) is 0. The lowest BCUT2D eigenvalue weighted by molar-refractivity contribution is 0.669. The molecule has 0 spiro atoms. The number of benzene rings is 3. The Balaban J connectivity index is 1.99. The molecule has 0 aliphatic rings. The van der Waals surface area contributed by atoms with E-state index in [-0.39, 0.29) is 0 Å². The van der Waals surface area contributed by atoms with Crippen molar-refractivity contribution < 1.29 is 4.42 Å². The molecule has 0 saturated carbocycles. The van der Waals surface area contributed by atoms with Gasteiger partial charge in [-0.15, -0.1) is 0 Å². The number of fused-ring (bicyclic) bond motifs is 3. The molecule has 22 heavy (non-hydrogen) atoms. The predicted molar refractivity (Wildman–Crippen MR) is 93.4 cm³/mol. The highest BCUT2D eigenvalue weighted by Gasteiger charge is 2.11. The fraction of sp³-hybridized carbons (Fsp3) is 0.143. The molecule has 0 atom stereocenters. The Kier molecular flexibility index (Phi) is 2.83. The van der Waals surface area contributed by atoms with Gasteiger partial charge in [-0.1, -0.05) is 42.0 Å². The van der Waals surface area contributed by atoms with Crippen molar-refractivity contribution in [2.75, 3.05) is 0 Å². The maximum atomic E-state index is 6.02. The summed E-state index contributed by atoms with van der Waals surface area (Å²) in [6.45, 7) is 6.50. The van der Waals surface area contributed by atoms with Crippen LogP contribution in [0.1, 0.15) is 16.7 Å². The molecule has 1 nitrogen and oxygen atoms in total. The van der Waals surface area contributed by atoms with Gasteiger partial charge in [-0.05, 0) is 61.2 Å². The van der Waals surface area contributed by atoms with E-state index in [0.717, 1.165) is 11.2 Å². The molecule has 1 heteroatoms. The third-order valence-corrected chi connectivity index (χ3v) is 4.34. The van der Waals surface area contributed by atoms with E-state index >= 15 is 0 Å². The van der Waals surface area contributed by atoms with Gasteiger partial charge in [0.1, 0.15) is 11.2 Å². The molecular weight excluding hydrogens is 268 g/mol. The fourth-order valence-corrected chi connectivity index (χ4v) is 3.52. The van der Waals surface area contributed by atoms with Gasteiger partial charge in [-0.3, -0.25) is 0 Å². The molecule has 0 aliphatic carbocycles. The first kappa shape index (κ1) is 13.1. The van der Waals surface area contributed by atoms with E-state index in [2.05, 4.69) is 63.2 Å². The molecule has 108 valence electrons. The highest BCUT2D eigenvalue weighted by atomic mass is 16.3. The minimum Gasteiger partial charge on any atom is -0.456 e. The van der Waals surface area contributed by atoms with Gasteiger partial charge < -0.3 is 4.42 Å². The molecule has 0 aliphatic heterocycles. The second kappa shape index (κ2) is 4.74. The van der Waals surface area contributed by atoms with Crippen molar-refractivity contribution in [3.05, 3.63) is 71.3 Å². The van der Waals surface area contributed by atoms with Crippen molar-refractivity contribution >= 4 is 21.9 Å². The Morgan fingerprint density at radius 1 is 0.682 bits per heavy atom. The molecule has 4 aromatic rings. The second-order valence-corrected chi connectivity index (χ2v) is 6.08. The maximum Gasteiger partial charge on any atom is 0.136 e. The van der Waals surface area contributed by atoms with Crippen molar-refractivity contribution in [1.29, 1.82) is 0 Å². The van der Waals surface area contributed by atoms with Gasteiger partial charge in [0.05, 0.1) is 0 Å². The lowest BCUT2D eigenvalue weighted by Crippen LogP contribution is -1.89. The average Bonchev–Trinajstić information content (AvgIpc) is 2.84. The van der Waals surface area contributed by atoms with Crippen LogP contribution in [0.25, 0.3) is 33.1 Å². The molecule has 1 aromatic heterocycles. The first-order valence-corrected chi connectivity index (χ1v) is 7.63. The van der Waals surface area contributed by atoms with Crippen molar-refractivity contribution in [2.45, 2.75) is 20.8 Å². The van der Waals surface area contributed by atoms with Crippen LogP contribution < -0.4 is 0 Å². The van der Waals surface area contributed by atoms with E-state index in [0.29, 0.717) is 0 Å². The van der Waals surface area contributed by atoms with Crippen LogP contribution in [-0.4, -0.2) is 0 Å². The summed E-state index contributed by atoms with van der Waals surface area (Å²) in [6.07, 6.45) is 0. The topological polar surface area (TPSA) is 13.1 Å². The van der Waals surface area contributed by atoms with Gasteiger partial charge in [0.2, 0.25) is 0 Å². The lowest BCUT2D eigenvalue weighted by atomic mass is 9.93. The number of hydrogen-bond acceptors (Lipinski definition) is 1. The molecule has 0 fully saturated rings. The second-order valence-electron chi connectivity index (χ2n) is 6.08. The minimum atomic E-state index is 0.951. The maximum absolute atomic E-state index is 6.02. The zero-order valence-electron chi connectivity index (χ0n) is 13.1. The first-order valence-electron chi connectivity index (χ1n) is 7.63. The van der Waals surface area contributed by atoms with Crippen LogP contribution in [-0.2, 0) is 0 Å². The summed E-state index contributed by atoms with van der Waals surface area (Å²) in [5.74, 6) is 0. The van der Waals surface area contributed by atoms with Gasteiger partial charge in [-0.25, -0.2) is 0 Å². The highest BCUT2D eigenvalue weighted by molar-refractivity contribution is 6.05. The van der Waals surface area contributed by atoms with Crippen LogP contribution in [0, 0.1) is 20.8 Å². The van der Waals surface area contributed by atoms with Crippen molar-refractivity contribution in [3.63, 3.8) is 0 Å². The van der Waals surface area contributed by atoms with E-state index in [1.807, 2.05) is 12.1 Å². The Morgan fingerprint density at radius 2 is 1.36 bits per heavy atom. The molecule has 1 heterocycles. The molecule has 4 rings (SSSR count). The van der Waals surface area contributed by atoms with Crippen LogP contribution in [0.4, 0.5) is 0 Å². The SMILES string of the molecule is Cc1cc(C)c(-c2ccc3c(c2)oc2ccccc23)c(C)c1. The number of hydrogen-bond donors (Lipinski definition) is 0. The smallest absolute Gasteiger partial charge is 0.136 e. The first-order chi connectivity index (χ1) is 10.6. The molecule has 0 unspecified atom stereocenters. The molecule has 0 radical (unpaired) electrons. The normalized spacial score (nSPS) is 11.4. The van der Waals surface area contributed by atoms with Crippen molar-refractivity contribution in [1.82, 2.24) is 0 Å². The largest absolute Gasteiger partial charge is 0.456 e. The van der Waals surface area contributed by atoms with E-state index in [4.69, 9.17) is 4.42 Å².